The van der Waals surface area contributed by atoms with E-state index in [0.717, 1.165) is 0 Å². The minimum absolute atomic E-state index is 0.117. The minimum atomic E-state index is -0.496. The highest BCUT2D eigenvalue weighted by atomic mass is 35.5. The van der Waals surface area contributed by atoms with Crippen molar-refractivity contribution in [3.05, 3.63) is 52.9 Å². The number of pyridine rings is 1. The number of benzene rings is 1. The molecule has 1 aromatic carbocycles. The molecule has 1 heterocycles. The number of anilines is 2. The highest BCUT2D eigenvalue weighted by molar-refractivity contribution is 6.30. The van der Waals surface area contributed by atoms with Crippen LogP contribution in [0.2, 0.25) is 5.15 Å². The first-order valence-corrected chi connectivity index (χ1v) is 5.89. The quantitative estimate of drug-likeness (QED) is 0.849. The highest BCUT2D eigenvalue weighted by Gasteiger charge is 2.11. The maximum atomic E-state index is 13.4. The number of nitrogens with one attached hydrogen (secondary N) is 2. The summed E-state index contributed by atoms with van der Waals surface area (Å²) in [5.74, 6) is -0.484. The van der Waals surface area contributed by atoms with Crippen LogP contribution < -0.4 is 10.6 Å². The Balaban J connectivity index is 2.25. The van der Waals surface area contributed by atoms with Crippen molar-refractivity contribution in [2.75, 3.05) is 17.7 Å². The number of aromatic nitrogens is 1. The van der Waals surface area contributed by atoms with Gasteiger partial charge in [-0.15, -0.1) is 0 Å². The van der Waals surface area contributed by atoms with Gasteiger partial charge in [0.25, 0.3) is 5.91 Å². The molecule has 0 aliphatic carbocycles. The molecule has 4 nitrogen and oxygen atoms in total. The Labute approximate surface area is 114 Å². The number of carbonyl (C=O) groups is 1. The van der Waals surface area contributed by atoms with Crippen LogP contribution in [0.25, 0.3) is 0 Å². The summed E-state index contributed by atoms with van der Waals surface area (Å²) < 4.78 is 13.4. The number of hydrogen-bond donors (Lipinski definition) is 2. The van der Waals surface area contributed by atoms with Crippen LogP contribution in [-0.2, 0) is 0 Å². The van der Waals surface area contributed by atoms with Crippen LogP contribution in [0, 0.1) is 5.82 Å². The Morgan fingerprint density at radius 3 is 2.74 bits per heavy atom. The summed E-state index contributed by atoms with van der Waals surface area (Å²) in [6.07, 6.45) is 0. The lowest BCUT2D eigenvalue weighted by atomic mass is 10.2. The summed E-state index contributed by atoms with van der Waals surface area (Å²) in [6, 6.07) is 8.88. The van der Waals surface area contributed by atoms with Gasteiger partial charge >= 0.3 is 0 Å². The second kappa shape index (κ2) is 5.67. The third-order valence-corrected chi connectivity index (χ3v) is 2.63. The van der Waals surface area contributed by atoms with Gasteiger partial charge in [0.05, 0.1) is 5.69 Å². The van der Waals surface area contributed by atoms with E-state index in [1.165, 1.54) is 24.3 Å². The van der Waals surface area contributed by atoms with Gasteiger partial charge in [0.2, 0.25) is 0 Å². The molecule has 19 heavy (non-hydrogen) atoms. The van der Waals surface area contributed by atoms with Crippen molar-refractivity contribution in [2.45, 2.75) is 0 Å². The molecule has 0 radical (unpaired) electrons. The first kappa shape index (κ1) is 13.3. The molecule has 0 saturated carbocycles. The third kappa shape index (κ3) is 3.20. The molecule has 0 fully saturated rings. The molecule has 0 saturated heterocycles. The average molecular weight is 280 g/mol. The van der Waals surface area contributed by atoms with E-state index in [1.807, 2.05) is 0 Å². The smallest absolute Gasteiger partial charge is 0.255 e. The topological polar surface area (TPSA) is 54.0 Å². The molecule has 98 valence electrons. The lowest BCUT2D eigenvalue weighted by Crippen LogP contribution is -2.13. The SMILES string of the molecule is CNc1cc(C(=O)Nc2ccccc2F)cc(Cl)n1. The van der Waals surface area contributed by atoms with Crippen LogP contribution >= 0.6 is 11.6 Å². The maximum Gasteiger partial charge on any atom is 0.255 e. The van der Waals surface area contributed by atoms with Crippen molar-refractivity contribution in [1.82, 2.24) is 4.98 Å². The summed E-state index contributed by atoms with van der Waals surface area (Å²) in [5, 5.41) is 5.45. The number of carbonyl (C=O) groups excluding carboxylic acids is 1. The van der Waals surface area contributed by atoms with Gasteiger partial charge in [-0.05, 0) is 24.3 Å². The molecule has 0 atom stereocenters. The van der Waals surface area contributed by atoms with Gasteiger partial charge in [0, 0.05) is 12.6 Å². The van der Waals surface area contributed by atoms with E-state index in [1.54, 1.807) is 19.2 Å². The summed E-state index contributed by atoms with van der Waals surface area (Å²) >= 11 is 5.80. The zero-order valence-electron chi connectivity index (χ0n) is 10.1. The van der Waals surface area contributed by atoms with Gasteiger partial charge in [0.15, 0.2) is 0 Å². The molecule has 0 spiro atoms. The predicted octanol–water partition coefficient (Wildman–Crippen LogP) is 3.17. The van der Waals surface area contributed by atoms with Crippen LogP contribution in [0.15, 0.2) is 36.4 Å². The van der Waals surface area contributed by atoms with E-state index in [0.29, 0.717) is 11.4 Å². The van der Waals surface area contributed by atoms with Crippen molar-refractivity contribution in [2.24, 2.45) is 0 Å². The third-order valence-electron chi connectivity index (χ3n) is 2.43. The van der Waals surface area contributed by atoms with Gasteiger partial charge < -0.3 is 10.6 Å². The molecule has 2 aromatic rings. The molecular weight excluding hydrogens is 269 g/mol. The molecule has 0 unspecified atom stereocenters. The molecule has 1 amide bonds. The number of rotatable bonds is 3. The Kier molecular flexibility index (Phi) is 3.97. The molecule has 1 aromatic heterocycles. The number of hydrogen-bond acceptors (Lipinski definition) is 3. The minimum Gasteiger partial charge on any atom is -0.373 e. The van der Waals surface area contributed by atoms with E-state index in [4.69, 9.17) is 11.6 Å². The Hall–Kier alpha value is -2.14. The van der Waals surface area contributed by atoms with Crippen LogP contribution in [0.3, 0.4) is 0 Å². The van der Waals surface area contributed by atoms with Gasteiger partial charge in [-0.3, -0.25) is 4.79 Å². The van der Waals surface area contributed by atoms with E-state index in [2.05, 4.69) is 15.6 Å². The fourth-order valence-corrected chi connectivity index (χ4v) is 1.72. The largest absolute Gasteiger partial charge is 0.373 e. The number of nitrogens with zero attached hydrogens (tertiary/aromatic N) is 1. The standard InChI is InChI=1S/C13H11ClFN3O/c1-16-12-7-8(6-11(14)18-12)13(19)17-10-5-3-2-4-9(10)15/h2-7H,1H3,(H,16,18)(H,17,19). The normalized spacial score (nSPS) is 10.1. The van der Waals surface area contributed by atoms with Gasteiger partial charge in [-0.1, -0.05) is 23.7 Å². The molecule has 0 aliphatic rings. The first-order valence-electron chi connectivity index (χ1n) is 5.51. The molecular formula is C13H11ClFN3O. The zero-order valence-corrected chi connectivity index (χ0v) is 10.8. The van der Waals surface area contributed by atoms with Gasteiger partial charge in [0.1, 0.15) is 16.8 Å². The van der Waals surface area contributed by atoms with Gasteiger partial charge in [-0.2, -0.15) is 0 Å². The second-order valence-electron chi connectivity index (χ2n) is 3.75. The molecule has 2 rings (SSSR count). The van der Waals surface area contributed by atoms with Crippen molar-refractivity contribution >= 4 is 29.0 Å². The zero-order chi connectivity index (χ0) is 13.8. The highest BCUT2D eigenvalue weighted by Crippen LogP contribution is 2.17. The fourth-order valence-electron chi connectivity index (χ4n) is 1.51. The van der Waals surface area contributed by atoms with Crippen LogP contribution in [0.5, 0.6) is 0 Å². The molecule has 6 heteroatoms. The van der Waals surface area contributed by atoms with Crippen LogP contribution in [0.4, 0.5) is 15.9 Å². The van der Waals surface area contributed by atoms with E-state index >= 15 is 0 Å². The summed E-state index contributed by atoms with van der Waals surface area (Å²) in [5.41, 5.74) is 0.416. The van der Waals surface area contributed by atoms with Gasteiger partial charge in [-0.25, -0.2) is 9.37 Å². The molecule has 2 N–H and O–H groups in total. The maximum absolute atomic E-state index is 13.4. The number of amides is 1. The van der Waals surface area contributed by atoms with E-state index in [9.17, 15) is 9.18 Å². The van der Waals surface area contributed by atoms with E-state index in [-0.39, 0.29) is 10.8 Å². The van der Waals surface area contributed by atoms with Crippen molar-refractivity contribution in [3.8, 4) is 0 Å². The molecule has 0 aliphatic heterocycles. The van der Waals surface area contributed by atoms with Crippen molar-refractivity contribution in [3.63, 3.8) is 0 Å². The first-order chi connectivity index (χ1) is 9.10. The Morgan fingerprint density at radius 1 is 1.32 bits per heavy atom. The number of para-hydroxylation sites is 1. The summed E-state index contributed by atoms with van der Waals surface area (Å²) in [4.78, 5) is 16.0. The van der Waals surface area contributed by atoms with Crippen molar-refractivity contribution < 1.29 is 9.18 Å². The average Bonchev–Trinajstić information content (AvgIpc) is 2.40. The van der Waals surface area contributed by atoms with Crippen molar-refractivity contribution in [1.29, 1.82) is 0 Å². The predicted molar refractivity (Wildman–Crippen MR) is 73.1 cm³/mol. The molecule has 0 bridgehead atoms. The Morgan fingerprint density at radius 2 is 2.05 bits per heavy atom. The lowest BCUT2D eigenvalue weighted by Gasteiger charge is -2.08. The summed E-state index contributed by atoms with van der Waals surface area (Å²) in [7, 11) is 1.66. The van der Waals surface area contributed by atoms with Crippen LogP contribution in [-0.4, -0.2) is 17.9 Å². The summed E-state index contributed by atoms with van der Waals surface area (Å²) in [6.45, 7) is 0. The second-order valence-corrected chi connectivity index (χ2v) is 4.14. The van der Waals surface area contributed by atoms with E-state index < -0.39 is 11.7 Å². The lowest BCUT2D eigenvalue weighted by molar-refractivity contribution is 0.102. The van der Waals surface area contributed by atoms with Crippen LogP contribution in [0.1, 0.15) is 10.4 Å². The monoisotopic (exact) mass is 279 g/mol. The Bertz CT molecular complexity index is 619. The fraction of sp³-hybridized carbons (Fsp3) is 0.0769. The number of halogens is 2.